The Bertz CT molecular complexity index is 1040. The van der Waals surface area contributed by atoms with Crippen molar-refractivity contribution < 1.29 is 14.7 Å². The van der Waals surface area contributed by atoms with Crippen molar-refractivity contribution in [2.45, 2.75) is 39.3 Å². The van der Waals surface area contributed by atoms with E-state index in [1.165, 1.54) is 5.56 Å². The second-order valence-corrected chi connectivity index (χ2v) is 7.81. The Morgan fingerprint density at radius 2 is 1.74 bits per heavy atom. The molecular formula is C24H28N4O3. The molecular weight excluding hydrogens is 392 g/mol. The van der Waals surface area contributed by atoms with Crippen molar-refractivity contribution in [3.05, 3.63) is 83.0 Å². The van der Waals surface area contributed by atoms with E-state index in [2.05, 4.69) is 41.7 Å². The van der Waals surface area contributed by atoms with Gasteiger partial charge in [0.2, 0.25) is 0 Å². The molecule has 0 unspecified atom stereocenters. The summed E-state index contributed by atoms with van der Waals surface area (Å²) in [6, 6.07) is 17.2. The molecule has 162 valence electrons. The van der Waals surface area contributed by atoms with Crippen molar-refractivity contribution in [3.63, 3.8) is 0 Å². The first-order valence-electron chi connectivity index (χ1n) is 10.3. The third-order valence-electron chi connectivity index (χ3n) is 5.15. The van der Waals surface area contributed by atoms with Crippen molar-refractivity contribution in [1.29, 1.82) is 0 Å². The minimum absolute atomic E-state index is 0.0570. The molecule has 1 aromatic heterocycles. The van der Waals surface area contributed by atoms with E-state index in [9.17, 15) is 14.7 Å². The van der Waals surface area contributed by atoms with Crippen LogP contribution < -0.4 is 10.6 Å². The first-order valence-corrected chi connectivity index (χ1v) is 10.3. The number of nitrogens with zero attached hydrogens (tertiary/aromatic N) is 2. The Labute approximate surface area is 182 Å². The van der Waals surface area contributed by atoms with E-state index in [0.29, 0.717) is 23.8 Å². The predicted octanol–water partition coefficient (Wildman–Crippen LogP) is 3.15. The third-order valence-corrected chi connectivity index (χ3v) is 5.15. The molecule has 1 atom stereocenters. The van der Waals surface area contributed by atoms with Crippen LogP contribution in [0.4, 0.5) is 5.82 Å². The number of aryl methyl sites for hydroxylation is 1. The first-order chi connectivity index (χ1) is 14.8. The summed E-state index contributed by atoms with van der Waals surface area (Å²) in [5.41, 5.74) is 3.92. The molecule has 0 aliphatic carbocycles. The molecule has 3 rings (SSSR count). The van der Waals surface area contributed by atoms with Crippen LogP contribution in [-0.2, 0) is 16.1 Å². The topological polar surface area (TPSA) is 96.2 Å². The minimum Gasteiger partial charge on any atom is -0.387 e. The number of hydrogen-bond donors (Lipinski definition) is 3. The SMILES string of the molecule is Cc1ccccc1[C@H](O)CNC(=O)C(=O)Nc1ccnn1Cc1ccc(C(C)C)cc1. The number of benzene rings is 2. The van der Waals surface area contributed by atoms with E-state index in [1.54, 1.807) is 23.0 Å². The molecule has 0 spiro atoms. The molecule has 3 aromatic rings. The molecule has 0 saturated carbocycles. The van der Waals surface area contributed by atoms with Crippen molar-refractivity contribution >= 4 is 17.6 Å². The predicted molar refractivity (Wildman–Crippen MR) is 120 cm³/mol. The number of aliphatic hydroxyl groups is 1. The lowest BCUT2D eigenvalue weighted by molar-refractivity contribution is -0.136. The second kappa shape index (κ2) is 10.0. The highest BCUT2D eigenvalue weighted by atomic mass is 16.3. The number of aromatic nitrogens is 2. The number of carbonyl (C=O) groups is 2. The molecule has 0 aliphatic heterocycles. The summed E-state index contributed by atoms with van der Waals surface area (Å²) in [6.45, 7) is 6.57. The lowest BCUT2D eigenvalue weighted by Gasteiger charge is -2.14. The molecule has 0 radical (unpaired) electrons. The number of aliphatic hydroxyl groups excluding tert-OH is 1. The average molecular weight is 421 g/mol. The number of amides is 2. The molecule has 0 fully saturated rings. The summed E-state index contributed by atoms with van der Waals surface area (Å²) in [6.07, 6.45) is 0.676. The van der Waals surface area contributed by atoms with Gasteiger partial charge in [-0.3, -0.25) is 9.59 Å². The molecule has 7 heteroatoms. The van der Waals surface area contributed by atoms with Gasteiger partial charge >= 0.3 is 11.8 Å². The van der Waals surface area contributed by atoms with Crippen molar-refractivity contribution in [2.24, 2.45) is 0 Å². The smallest absolute Gasteiger partial charge is 0.314 e. The third kappa shape index (κ3) is 5.79. The van der Waals surface area contributed by atoms with Crippen LogP contribution in [0, 0.1) is 6.92 Å². The van der Waals surface area contributed by atoms with Gasteiger partial charge in [-0.2, -0.15) is 5.10 Å². The summed E-state index contributed by atoms with van der Waals surface area (Å²) in [5.74, 6) is -0.750. The molecule has 2 amide bonds. The van der Waals surface area contributed by atoms with Gasteiger partial charge in [0.25, 0.3) is 0 Å². The number of carbonyl (C=O) groups excluding carboxylic acids is 2. The van der Waals surface area contributed by atoms with E-state index in [-0.39, 0.29) is 6.54 Å². The maximum absolute atomic E-state index is 12.3. The Kier molecular flexibility index (Phi) is 7.20. The molecule has 0 bridgehead atoms. The van der Waals surface area contributed by atoms with Crippen LogP contribution in [0.15, 0.2) is 60.8 Å². The average Bonchev–Trinajstić information content (AvgIpc) is 3.18. The van der Waals surface area contributed by atoms with Crippen molar-refractivity contribution in [3.8, 4) is 0 Å². The van der Waals surface area contributed by atoms with Gasteiger partial charge in [0.15, 0.2) is 0 Å². The zero-order valence-corrected chi connectivity index (χ0v) is 18.0. The summed E-state index contributed by atoms with van der Waals surface area (Å²) < 4.78 is 1.62. The number of anilines is 1. The number of nitrogens with one attached hydrogen (secondary N) is 2. The highest BCUT2D eigenvalue weighted by Crippen LogP contribution is 2.17. The maximum Gasteiger partial charge on any atom is 0.314 e. The second-order valence-electron chi connectivity index (χ2n) is 7.81. The zero-order valence-electron chi connectivity index (χ0n) is 18.0. The molecule has 3 N–H and O–H groups in total. The van der Waals surface area contributed by atoms with Crippen LogP contribution in [-0.4, -0.2) is 33.2 Å². The largest absolute Gasteiger partial charge is 0.387 e. The normalized spacial score (nSPS) is 11.9. The van der Waals surface area contributed by atoms with E-state index in [4.69, 9.17) is 0 Å². The van der Waals surface area contributed by atoms with Gasteiger partial charge in [-0.15, -0.1) is 0 Å². The lowest BCUT2D eigenvalue weighted by atomic mass is 10.0. The standard InChI is InChI=1S/C24H28N4O3/c1-16(2)19-10-8-18(9-11-19)15-28-22(12-13-26-28)27-24(31)23(30)25-14-21(29)20-7-5-4-6-17(20)3/h4-13,16,21,29H,14-15H2,1-3H3,(H,25,30)(H,27,31)/t21-/m1/s1. The van der Waals surface area contributed by atoms with Crippen molar-refractivity contribution in [1.82, 2.24) is 15.1 Å². The quantitative estimate of drug-likeness (QED) is 0.512. The van der Waals surface area contributed by atoms with Gasteiger partial charge in [-0.05, 0) is 35.1 Å². The van der Waals surface area contributed by atoms with Gasteiger partial charge in [0.1, 0.15) is 5.82 Å². The maximum atomic E-state index is 12.3. The van der Waals surface area contributed by atoms with Crippen LogP contribution in [0.2, 0.25) is 0 Å². The fraction of sp³-hybridized carbons (Fsp3) is 0.292. The van der Waals surface area contributed by atoms with E-state index >= 15 is 0 Å². The molecule has 2 aromatic carbocycles. The van der Waals surface area contributed by atoms with E-state index in [1.807, 2.05) is 37.3 Å². The Morgan fingerprint density at radius 3 is 2.42 bits per heavy atom. The minimum atomic E-state index is -0.891. The molecule has 0 aliphatic rings. The van der Waals surface area contributed by atoms with Crippen molar-refractivity contribution in [2.75, 3.05) is 11.9 Å². The molecule has 1 heterocycles. The van der Waals surface area contributed by atoms with E-state index < -0.39 is 17.9 Å². The summed E-state index contributed by atoms with van der Waals surface area (Å²) in [7, 11) is 0. The van der Waals surface area contributed by atoms with Gasteiger partial charge < -0.3 is 15.7 Å². The van der Waals surface area contributed by atoms with Crippen LogP contribution in [0.5, 0.6) is 0 Å². The molecule has 31 heavy (non-hydrogen) atoms. The Morgan fingerprint density at radius 1 is 1.03 bits per heavy atom. The molecule has 0 saturated heterocycles. The fourth-order valence-corrected chi connectivity index (χ4v) is 3.26. The summed E-state index contributed by atoms with van der Waals surface area (Å²) >= 11 is 0. The zero-order chi connectivity index (χ0) is 22.4. The Hall–Kier alpha value is -3.45. The van der Waals surface area contributed by atoms with Crippen LogP contribution in [0.3, 0.4) is 0 Å². The van der Waals surface area contributed by atoms with Crippen LogP contribution >= 0.6 is 0 Å². The van der Waals surface area contributed by atoms with E-state index in [0.717, 1.165) is 11.1 Å². The van der Waals surface area contributed by atoms with Crippen LogP contribution in [0.1, 0.15) is 48.1 Å². The highest BCUT2D eigenvalue weighted by molar-refractivity contribution is 6.39. The lowest BCUT2D eigenvalue weighted by Crippen LogP contribution is -2.38. The van der Waals surface area contributed by atoms with Gasteiger partial charge in [0, 0.05) is 12.6 Å². The number of rotatable bonds is 7. The van der Waals surface area contributed by atoms with Gasteiger partial charge in [0.05, 0.1) is 18.8 Å². The highest BCUT2D eigenvalue weighted by Gasteiger charge is 2.18. The van der Waals surface area contributed by atoms with Gasteiger partial charge in [-0.1, -0.05) is 62.4 Å². The first kappa shape index (κ1) is 22.2. The molecule has 7 nitrogen and oxygen atoms in total. The fourth-order valence-electron chi connectivity index (χ4n) is 3.26. The monoisotopic (exact) mass is 420 g/mol. The number of hydrogen-bond acceptors (Lipinski definition) is 4. The van der Waals surface area contributed by atoms with Crippen LogP contribution in [0.25, 0.3) is 0 Å². The van der Waals surface area contributed by atoms with Gasteiger partial charge in [-0.25, -0.2) is 4.68 Å². The summed E-state index contributed by atoms with van der Waals surface area (Å²) in [4.78, 5) is 24.5. The summed E-state index contributed by atoms with van der Waals surface area (Å²) in [5, 5.41) is 19.6. The Balaban J connectivity index is 1.56.